The first-order valence-corrected chi connectivity index (χ1v) is 9.05. The van der Waals surface area contributed by atoms with Gasteiger partial charge < -0.3 is 15.5 Å². The van der Waals surface area contributed by atoms with E-state index < -0.39 is 0 Å². The molecule has 138 valence electrons. The molecule has 26 heavy (non-hydrogen) atoms. The molecule has 2 N–H and O–H groups in total. The van der Waals surface area contributed by atoms with Gasteiger partial charge in [0.1, 0.15) is 11.6 Å². The SMILES string of the molecule is CN=C(NCc1ccnc(N2CCCC2)c1)NCc1ccc(C)c(F)c1. The zero-order valence-corrected chi connectivity index (χ0v) is 15.4. The zero-order chi connectivity index (χ0) is 18.4. The minimum absolute atomic E-state index is 0.182. The number of halogens is 1. The van der Waals surface area contributed by atoms with Crippen LogP contribution in [0.15, 0.2) is 41.5 Å². The molecule has 5 nitrogen and oxygen atoms in total. The summed E-state index contributed by atoms with van der Waals surface area (Å²) in [6, 6.07) is 9.40. The normalized spacial score (nSPS) is 14.6. The highest BCUT2D eigenvalue weighted by atomic mass is 19.1. The number of anilines is 1. The van der Waals surface area contributed by atoms with Crippen molar-refractivity contribution in [1.29, 1.82) is 0 Å². The summed E-state index contributed by atoms with van der Waals surface area (Å²) in [5.41, 5.74) is 2.70. The van der Waals surface area contributed by atoms with Crippen LogP contribution in [0.3, 0.4) is 0 Å². The minimum Gasteiger partial charge on any atom is -0.357 e. The van der Waals surface area contributed by atoms with Crippen LogP contribution in [-0.2, 0) is 13.1 Å². The van der Waals surface area contributed by atoms with Crippen molar-refractivity contribution < 1.29 is 4.39 Å². The van der Waals surface area contributed by atoms with Gasteiger partial charge in [0.2, 0.25) is 0 Å². The van der Waals surface area contributed by atoms with E-state index in [1.807, 2.05) is 18.3 Å². The van der Waals surface area contributed by atoms with Crippen LogP contribution in [0.4, 0.5) is 10.2 Å². The van der Waals surface area contributed by atoms with Crippen molar-refractivity contribution in [2.24, 2.45) is 4.99 Å². The molecule has 3 rings (SSSR count). The average Bonchev–Trinajstić information content (AvgIpc) is 3.20. The Morgan fingerprint density at radius 1 is 1.12 bits per heavy atom. The third-order valence-electron chi connectivity index (χ3n) is 4.62. The number of hydrogen-bond acceptors (Lipinski definition) is 3. The van der Waals surface area contributed by atoms with Crippen molar-refractivity contribution in [2.45, 2.75) is 32.9 Å². The van der Waals surface area contributed by atoms with Crippen molar-refractivity contribution >= 4 is 11.8 Å². The number of aromatic nitrogens is 1. The quantitative estimate of drug-likeness (QED) is 0.639. The van der Waals surface area contributed by atoms with E-state index in [0.717, 1.165) is 30.0 Å². The van der Waals surface area contributed by atoms with Crippen molar-refractivity contribution in [3.8, 4) is 0 Å². The molecule has 1 saturated heterocycles. The Balaban J connectivity index is 1.54. The zero-order valence-electron chi connectivity index (χ0n) is 15.4. The van der Waals surface area contributed by atoms with Gasteiger partial charge in [0, 0.05) is 39.4 Å². The number of rotatable bonds is 5. The number of guanidine groups is 1. The Kier molecular flexibility index (Phi) is 6.04. The maximum atomic E-state index is 13.6. The highest BCUT2D eigenvalue weighted by Gasteiger charge is 2.13. The largest absolute Gasteiger partial charge is 0.357 e. The molecule has 0 unspecified atom stereocenters. The number of hydrogen-bond donors (Lipinski definition) is 2. The first-order chi connectivity index (χ1) is 12.7. The predicted molar refractivity (Wildman–Crippen MR) is 104 cm³/mol. The number of nitrogens with one attached hydrogen (secondary N) is 2. The van der Waals surface area contributed by atoms with Crippen molar-refractivity contribution in [3.05, 3.63) is 59.0 Å². The van der Waals surface area contributed by atoms with Gasteiger partial charge in [-0.1, -0.05) is 12.1 Å². The summed E-state index contributed by atoms with van der Waals surface area (Å²) in [6.45, 7) is 5.11. The molecule has 6 heteroatoms. The molecular formula is C20H26FN5. The Bertz CT molecular complexity index is 769. The number of benzene rings is 1. The maximum absolute atomic E-state index is 13.6. The highest BCUT2D eigenvalue weighted by molar-refractivity contribution is 5.79. The van der Waals surface area contributed by atoms with Crippen LogP contribution >= 0.6 is 0 Å². The van der Waals surface area contributed by atoms with Gasteiger partial charge in [-0.05, 0) is 54.7 Å². The van der Waals surface area contributed by atoms with Gasteiger partial charge in [-0.3, -0.25) is 4.99 Å². The molecule has 2 aromatic rings. The van der Waals surface area contributed by atoms with Gasteiger partial charge >= 0.3 is 0 Å². The second kappa shape index (κ2) is 8.65. The maximum Gasteiger partial charge on any atom is 0.191 e. The van der Waals surface area contributed by atoms with E-state index in [1.54, 1.807) is 26.1 Å². The summed E-state index contributed by atoms with van der Waals surface area (Å²) < 4.78 is 13.6. The standard InChI is InChI=1S/C20H26FN5/c1-15-5-6-16(11-18(15)21)13-24-20(22-2)25-14-17-7-8-23-19(12-17)26-9-3-4-10-26/h5-8,11-12H,3-4,9-10,13-14H2,1-2H3,(H2,22,24,25). The summed E-state index contributed by atoms with van der Waals surface area (Å²) in [4.78, 5) is 11.0. The number of nitrogens with zero attached hydrogens (tertiary/aromatic N) is 3. The molecular weight excluding hydrogens is 329 g/mol. The summed E-state index contributed by atoms with van der Waals surface area (Å²) >= 11 is 0. The first kappa shape index (κ1) is 18.2. The minimum atomic E-state index is -0.182. The van der Waals surface area contributed by atoms with Gasteiger partial charge in [-0.15, -0.1) is 0 Å². The van der Waals surface area contributed by atoms with E-state index in [4.69, 9.17) is 0 Å². The second-order valence-corrected chi connectivity index (χ2v) is 6.58. The topological polar surface area (TPSA) is 52.6 Å². The fourth-order valence-corrected chi connectivity index (χ4v) is 3.03. The Labute approximate surface area is 154 Å². The Morgan fingerprint density at radius 2 is 1.81 bits per heavy atom. The molecule has 1 aromatic carbocycles. The fourth-order valence-electron chi connectivity index (χ4n) is 3.03. The summed E-state index contributed by atoms with van der Waals surface area (Å²) in [7, 11) is 1.73. The Morgan fingerprint density at radius 3 is 2.46 bits per heavy atom. The van der Waals surface area contributed by atoms with Crippen molar-refractivity contribution in [2.75, 3.05) is 25.0 Å². The van der Waals surface area contributed by atoms with Gasteiger partial charge in [0.25, 0.3) is 0 Å². The summed E-state index contributed by atoms with van der Waals surface area (Å²) in [5, 5.41) is 6.52. The predicted octanol–water partition coefficient (Wildman–Crippen LogP) is 2.99. The molecule has 0 atom stereocenters. The molecule has 1 aromatic heterocycles. The molecule has 0 saturated carbocycles. The lowest BCUT2D eigenvalue weighted by molar-refractivity contribution is 0.615. The number of aliphatic imine (C=N–C) groups is 1. The Hall–Kier alpha value is -2.63. The average molecular weight is 355 g/mol. The van der Waals surface area contributed by atoms with E-state index in [2.05, 4.69) is 31.6 Å². The monoisotopic (exact) mass is 355 g/mol. The first-order valence-electron chi connectivity index (χ1n) is 9.05. The van der Waals surface area contributed by atoms with E-state index in [0.29, 0.717) is 24.6 Å². The van der Waals surface area contributed by atoms with Crippen LogP contribution < -0.4 is 15.5 Å². The van der Waals surface area contributed by atoms with Gasteiger partial charge in [0.05, 0.1) is 0 Å². The van der Waals surface area contributed by atoms with Gasteiger partial charge in [-0.25, -0.2) is 9.37 Å². The van der Waals surface area contributed by atoms with Crippen LogP contribution in [0.1, 0.15) is 29.5 Å². The van der Waals surface area contributed by atoms with Crippen LogP contribution in [0.5, 0.6) is 0 Å². The third kappa shape index (κ3) is 4.71. The van der Waals surface area contributed by atoms with Gasteiger partial charge in [-0.2, -0.15) is 0 Å². The molecule has 0 radical (unpaired) electrons. The molecule has 1 fully saturated rings. The lowest BCUT2D eigenvalue weighted by Crippen LogP contribution is -2.36. The molecule has 1 aliphatic rings. The van der Waals surface area contributed by atoms with E-state index in [-0.39, 0.29) is 5.82 Å². The van der Waals surface area contributed by atoms with Crippen molar-refractivity contribution in [3.63, 3.8) is 0 Å². The fraction of sp³-hybridized carbons (Fsp3) is 0.400. The summed E-state index contributed by atoms with van der Waals surface area (Å²) in [5.74, 6) is 1.55. The van der Waals surface area contributed by atoms with Gasteiger partial charge in [0.15, 0.2) is 5.96 Å². The third-order valence-corrected chi connectivity index (χ3v) is 4.62. The van der Waals surface area contributed by atoms with E-state index in [9.17, 15) is 4.39 Å². The summed E-state index contributed by atoms with van der Waals surface area (Å²) in [6.07, 6.45) is 4.33. The molecule has 0 aliphatic carbocycles. The van der Waals surface area contributed by atoms with Crippen LogP contribution in [-0.4, -0.2) is 31.1 Å². The number of pyridine rings is 1. The highest BCUT2D eigenvalue weighted by Crippen LogP contribution is 2.18. The second-order valence-electron chi connectivity index (χ2n) is 6.58. The molecule has 0 spiro atoms. The molecule has 0 amide bonds. The van der Waals surface area contributed by atoms with Crippen LogP contribution in [0.2, 0.25) is 0 Å². The van der Waals surface area contributed by atoms with Crippen LogP contribution in [0.25, 0.3) is 0 Å². The number of aryl methyl sites for hydroxylation is 1. The van der Waals surface area contributed by atoms with E-state index in [1.165, 1.54) is 12.8 Å². The molecule has 1 aliphatic heterocycles. The van der Waals surface area contributed by atoms with E-state index >= 15 is 0 Å². The smallest absolute Gasteiger partial charge is 0.191 e. The van der Waals surface area contributed by atoms with Crippen molar-refractivity contribution in [1.82, 2.24) is 15.6 Å². The lowest BCUT2D eigenvalue weighted by Gasteiger charge is -2.17. The van der Waals surface area contributed by atoms with Crippen LogP contribution in [0, 0.1) is 12.7 Å². The molecule has 0 bridgehead atoms. The molecule has 2 heterocycles. The lowest BCUT2D eigenvalue weighted by atomic mass is 10.1.